The van der Waals surface area contributed by atoms with Crippen molar-refractivity contribution in [3.05, 3.63) is 35.7 Å². The maximum absolute atomic E-state index is 9.70. The highest BCUT2D eigenvalue weighted by Gasteiger charge is 2.21. The van der Waals surface area contributed by atoms with Crippen molar-refractivity contribution in [2.24, 2.45) is 0 Å². The molecule has 0 saturated heterocycles. The Balaban J connectivity index is 1.65. The second-order valence-corrected chi connectivity index (χ2v) is 6.00. The van der Waals surface area contributed by atoms with E-state index in [-0.39, 0.29) is 12.2 Å². The fourth-order valence-corrected chi connectivity index (χ4v) is 2.89. The van der Waals surface area contributed by atoms with Crippen molar-refractivity contribution in [3.63, 3.8) is 0 Å². The summed E-state index contributed by atoms with van der Waals surface area (Å²) in [5.41, 5.74) is 1.73. The van der Waals surface area contributed by atoms with Gasteiger partial charge in [0.05, 0.1) is 25.9 Å². The SMILES string of the molecule is COc1ccc(-c2nc(CO[C@@H]3CCC[C@H](O)C3)c(C)o2)cc1. The van der Waals surface area contributed by atoms with E-state index in [1.165, 1.54) is 0 Å². The number of hydrogen-bond donors (Lipinski definition) is 1. The highest BCUT2D eigenvalue weighted by atomic mass is 16.5. The summed E-state index contributed by atoms with van der Waals surface area (Å²) in [7, 11) is 1.64. The molecule has 0 unspecified atom stereocenters. The molecule has 1 aliphatic carbocycles. The van der Waals surface area contributed by atoms with Gasteiger partial charge in [-0.3, -0.25) is 0 Å². The first-order chi connectivity index (χ1) is 11.2. The average molecular weight is 317 g/mol. The van der Waals surface area contributed by atoms with E-state index in [0.717, 1.165) is 42.0 Å². The van der Waals surface area contributed by atoms with Gasteiger partial charge in [-0.1, -0.05) is 0 Å². The van der Waals surface area contributed by atoms with Gasteiger partial charge in [0.25, 0.3) is 0 Å². The quantitative estimate of drug-likeness (QED) is 0.914. The summed E-state index contributed by atoms with van der Waals surface area (Å²) in [5.74, 6) is 2.16. The highest BCUT2D eigenvalue weighted by molar-refractivity contribution is 5.55. The second-order valence-electron chi connectivity index (χ2n) is 6.00. The van der Waals surface area contributed by atoms with Gasteiger partial charge >= 0.3 is 0 Å². The number of ether oxygens (including phenoxy) is 2. The smallest absolute Gasteiger partial charge is 0.226 e. The molecule has 2 aromatic rings. The summed E-state index contributed by atoms with van der Waals surface area (Å²) < 4.78 is 16.8. The van der Waals surface area contributed by atoms with Crippen LogP contribution in [0, 0.1) is 6.92 Å². The molecule has 5 heteroatoms. The maximum Gasteiger partial charge on any atom is 0.226 e. The average Bonchev–Trinajstić information content (AvgIpc) is 2.94. The molecular formula is C18H23NO4. The van der Waals surface area contributed by atoms with Crippen molar-refractivity contribution in [1.82, 2.24) is 4.98 Å². The van der Waals surface area contributed by atoms with Crippen molar-refractivity contribution in [3.8, 4) is 17.2 Å². The topological polar surface area (TPSA) is 64.7 Å². The lowest BCUT2D eigenvalue weighted by Gasteiger charge is -2.25. The summed E-state index contributed by atoms with van der Waals surface area (Å²) in [6, 6.07) is 7.61. The molecule has 1 saturated carbocycles. The molecule has 3 rings (SSSR count). The monoisotopic (exact) mass is 317 g/mol. The second kappa shape index (κ2) is 7.15. The van der Waals surface area contributed by atoms with Crippen LogP contribution in [0.15, 0.2) is 28.7 Å². The third kappa shape index (κ3) is 3.92. The molecule has 1 heterocycles. The van der Waals surface area contributed by atoms with Crippen molar-refractivity contribution in [1.29, 1.82) is 0 Å². The number of hydrogen-bond acceptors (Lipinski definition) is 5. The minimum absolute atomic E-state index is 0.110. The molecule has 2 atom stereocenters. The summed E-state index contributed by atoms with van der Waals surface area (Å²) >= 11 is 0. The lowest BCUT2D eigenvalue weighted by atomic mass is 9.95. The van der Waals surface area contributed by atoms with E-state index < -0.39 is 0 Å². The van der Waals surface area contributed by atoms with E-state index in [1.807, 2.05) is 31.2 Å². The van der Waals surface area contributed by atoms with Crippen LogP contribution >= 0.6 is 0 Å². The normalized spacial score (nSPS) is 21.3. The van der Waals surface area contributed by atoms with E-state index in [2.05, 4.69) is 4.98 Å². The van der Waals surface area contributed by atoms with E-state index >= 15 is 0 Å². The van der Waals surface area contributed by atoms with Gasteiger partial charge in [0.1, 0.15) is 17.2 Å². The number of benzene rings is 1. The molecule has 5 nitrogen and oxygen atoms in total. The maximum atomic E-state index is 9.70. The number of aliphatic hydroxyl groups is 1. The van der Waals surface area contributed by atoms with Crippen LogP contribution in [0.2, 0.25) is 0 Å². The number of methoxy groups -OCH3 is 1. The number of aliphatic hydroxyl groups excluding tert-OH is 1. The molecule has 1 N–H and O–H groups in total. The lowest BCUT2D eigenvalue weighted by molar-refractivity contribution is -0.0240. The standard InChI is InChI=1S/C18H23NO4/c1-12-17(11-22-16-5-3-4-14(20)10-16)19-18(23-12)13-6-8-15(21-2)9-7-13/h6-9,14,16,20H,3-5,10-11H2,1-2H3/t14-,16+/m0/s1. The molecule has 124 valence electrons. The molecule has 0 bridgehead atoms. The Morgan fingerprint density at radius 1 is 1.26 bits per heavy atom. The molecule has 0 aliphatic heterocycles. The number of aryl methyl sites for hydroxylation is 1. The first kappa shape index (κ1) is 16.0. The molecular weight excluding hydrogens is 294 g/mol. The van der Waals surface area contributed by atoms with Crippen LogP contribution in [0.5, 0.6) is 5.75 Å². The minimum atomic E-state index is -0.234. The summed E-state index contributed by atoms with van der Waals surface area (Å²) in [6.45, 7) is 2.32. The minimum Gasteiger partial charge on any atom is -0.497 e. The Morgan fingerprint density at radius 2 is 2.04 bits per heavy atom. The van der Waals surface area contributed by atoms with Crippen LogP contribution in [0.4, 0.5) is 0 Å². The number of aromatic nitrogens is 1. The fourth-order valence-electron chi connectivity index (χ4n) is 2.89. The van der Waals surface area contributed by atoms with Crippen LogP contribution < -0.4 is 4.74 Å². The molecule has 0 spiro atoms. The third-order valence-electron chi connectivity index (χ3n) is 4.28. The highest BCUT2D eigenvalue weighted by Crippen LogP contribution is 2.26. The predicted molar refractivity (Wildman–Crippen MR) is 86.3 cm³/mol. The summed E-state index contributed by atoms with van der Waals surface area (Å²) in [5, 5.41) is 9.70. The van der Waals surface area contributed by atoms with Gasteiger partial charge in [0.15, 0.2) is 0 Å². The van der Waals surface area contributed by atoms with Crippen LogP contribution in [0.25, 0.3) is 11.5 Å². The number of rotatable bonds is 5. The van der Waals surface area contributed by atoms with Gasteiger partial charge in [0.2, 0.25) is 5.89 Å². The van der Waals surface area contributed by atoms with Crippen molar-refractivity contribution in [2.45, 2.75) is 51.4 Å². The number of oxazole rings is 1. The van der Waals surface area contributed by atoms with E-state index in [4.69, 9.17) is 13.9 Å². The molecule has 1 aromatic heterocycles. The van der Waals surface area contributed by atoms with Crippen LogP contribution in [0.1, 0.15) is 37.1 Å². The summed E-state index contributed by atoms with van der Waals surface area (Å²) in [6.07, 6.45) is 3.48. The van der Waals surface area contributed by atoms with Gasteiger partial charge in [0, 0.05) is 5.56 Å². The largest absolute Gasteiger partial charge is 0.497 e. The van der Waals surface area contributed by atoms with E-state index in [9.17, 15) is 5.11 Å². The Kier molecular flexibility index (Phi) is 4.98. The molecule has 1 aliphatic rings. The van der Waals surface area contributed by atoms with Gasteiger partial charge in [-0.2, -0.15) is 0 Å². The van der Waals surface area contributed by atoms with Gasteiger partial charge in [-0.15, -0.1) is 0 Å². The van der Waals surface area contributed by atoms with E-state index in [1.54, 1.807) is 7.11 Å². The van der Waals surface area contributed by atoms with Gasteiger partial charge in [-0.05, 0) is 56.9 Å². The van der Waals surface area contributed by atoms with Gasteiger partial charge < -0.3 is 19.0 Å². The van der Waals surface area contributed by atoms with Crippen LogP contribution in [-0.4, -0.2) is 29.4 Å². The lowest BCUT2D eigenvalue weighted by Crippen LogP contribution is -2.25. The van der Waals surface area contributed by atoms with Crippen molar-refractivity contribution in [2.75, 3.05) is 7.11 Å². The predicted octanol–water partition coefficient (Wildman–Crippen LogP) is 3.48. The zero-order chi connectivity index (χ0) is 16.2. The molecule has 1 fully saturated rings. The zero-order valence-electron chi connectivity index (χ0n) is 13.6. The Bertz CT molecular complexity index is 635. The Hall–Kier alpha value is -1.85. The molecule has 0 radical (unpaired) electrons. The fraction of sp³-hybridized carbons (Fsp3) is 0.500. The van der Waals surface area contributed by atoms with E-state index in [0.29, 0.717) is 18.9 Å². The molecule has 1 aromatic carbocycles. The molecule has 0 amide bonds. The first-order valence-corrected chi connectivity index (χ1v) is 8.06. The Labute approximate surface area is 136 Å². The summed E-state index contributed by atoms with van der Waals surface area (Å²) in [4.78, 5) is 4.54. The number of nitrogens with zero attached hydrogens (tertiary/aromatic N) is 1. The van der Waals surface area contributed by atoms with Crippen LogP contribution in [0.3, 0.4) is 0 Å². The van der Waals surface area contributed by atoms with Crippen LogP contribution in [-0.2, 0) is 11.3 Å². The third-order valence-corrected chi connectivity index (χ3v) is 4.28. The van der Waals surface area contributed by atoms with Crippen molar-refractivity contribution >= 4 is 0 Å². The molecule has 23 heavy (non-hydrogen) atoms. The first-order valence-electron chi connectivity index (χ1n) is 8.06. The zero-order valence-corrected chi connectivity index (χ0v) is 13.6. The Morgan fingerprint density at radius 3 is 2.74 bits per heavy atom. The van der Waals surface area contributed by atoms with Gasteiger partial charge in [-0.25, -0.2) is 4.98 Å². The van der Waals surface area contributed by atoms with Crippen molar-refractivity contribution < 1.29 is 19.0 Å².